The fourth-order valence-corrected chi connectivity index (χ4v) is 5.91. The SMILES string of the molecule is CC(C)(C)C.CC(C)(C)OC(=O)CCCN1CCC(N2CCC(c3ccc(NC4CCC(=O)NC4=O)cc3)CC2)C(F)(F)C1.CCC. The fraction of sp³-hybridized carbons (Fsp3) is 0.757. The van der Waals surface area contributed by atoms with E-state index in [1.165, 1.54) is 12.0 Å². The summed E-state index contributed by atoms with van der Waals surface area (Å²) < 4.78 is 35.7. The zero-order valence-corrected chi connectivity index (χ0v) is 30.5. The summed E-state index contributed by atoms with van der Waals surface area (Å²) in [5.41, 5.74) is 1.96. The summed E-state index contributed by atoms with van der Waals surface area (Å²) >= 11 is 0. The lowest BCUT2D eigenvalue weighted by Gasteiger charge is -2.46. The Labute approximate surface area is 282 Å². The van der Waals surface area contributed by atoms with E-state index in [-0.39, 0.29) is 30.7 Å². The van der Waals surface area contributed by atoms with Gasteiger partial charge in [-0.1, -0.05) is 60.1 Å². The van der Waals surface area contributed by atoms with Gasteiger partial charge in [0.25, 0.3) is 5.92 Å². The molecular weight excluding hydrogens is 602 g/mol. The molecule has 2 atom stereocenters. The molecule has 4 rings (SSSR count). The number of esters is 1. The number of likely N-dealkylation sites (tertiary alicyclic amines) is 2. The molecule has 0 saturated carbocycles. The van der Waals surface area contributed by atoms with Crippen molar-refractivity contribution >= 4 is 23.5 Å². The van der Waals surface area contributed by atoms with Crippen molar-refractivity contribution in [2.24, 2.45) is 5.41 Å². The summed E-state index contributed by atoms with van der Waals surface area (Å²) in [6, 6.07) is 6.80. The maximum Gasteiger partial charge on any atom is 0.306 e. The molecule has 0 aliphatic carbocycles. The Morgan fingerprint density at radius 3 is 2.04 bits per heavy atom. The van der Waals surface area contributed by atoms with Crippen LogP contribution in [0, 0.1) is 5.41 Å². The van der Waals surface area contributed by atoms with Crippen molar-refractivity contribution in [1.29, 1.82) is 0 Å². The second-order valence-corrected chi connectivity index (χ2v) is 15.8. The summed E-state index contributed by atoms with van der Waals surface area (Å²) in [6.07, 6.45) is 4.88. The van der Waals surface area contributed by atoms with Gasteiger partial charge in [0.2, 0.25) is 11.8 Å². The van der Waals surface area contributed by atoms with Crippen molar-refractivity contribution in [1.82, 2.24) is 15.1 Å². The Morgan fingerprint density at radius 2 is 1.53 bits per heavy atom. The molecule has 1 aromatic rings. The topological polar surface area (TPSA) is 91.0 Å². The molecule has 8 nitrogen and oxygen atoms in total. The van der Waals surface area contributed by atoms with Gasteiger partial charge in [-0.05, 0) is 102 Å². The van der Waals surface area contributed by atoms with Crippen molar-refractivity contribution in [3.63, 3.8) is 0 Å². The molecule has 268 valence electrons. The van der Waals surface area contributed by atoms with Gasteiger partial charge in [-0.3, -0.25) is 29.5 Å². The van der Waals surface area contributed by atoms with Gasteiger partial charge in [-0.2, -0.15) is 0 Å². The molecule has 3 aliphatic heterocycles. The van der Waals surface area contributed by atoms with Crippen LogP contribution in [0.5, 0.6) is 0 Å². The van der Waals surface area contributed by atoms with E-state index in [9.17, 15) is 14.4 Å². The molecule has 2 amide bonds. The number of ether oxygens (including phenoxy) is 1. The predicted molar refractivity (Wildman–Crippen MR) is 186 cm³/mol. The number of hydrogen-bond acceptors (Lipinski definition) is 7. The van der Waals surface area contributed by atoms with E-state index >= 15 is 8.78 Å². The number of carbonyl (C=O) groups excluding carboxylic acids is 3. The second-order valence-electron chi connectivity index (χ2n) is 15.8. The highest BCUT2D eigenvalue weighted by atomic mass is 19.3. The van der Waals surface area contributed by atoms with Crippen LogP contribution < -0.4 is 10.6 Å². The third kappa shape index (κ3) is 15.5. The Morgan fingerprint density at radius 1 is 0.957 bits per heavy atom. The predicted octanol–water partition coefficient (Wildman–Crippen LogP) is 7.38. The maximum atomic E-state index is 15.2. The maximum absolute atomic E-state index is 15.2. The zero-order chi connectivity index (χ0) is 35.4. The first-order valence-corrected chi connectivity index (χ1v) is 17.6. The highest BCUT2D eigenvalue weighted by Gasteiger charge is 2.47. The molecule has 3 heterocycles. The molecule has 1 aromatic carbocycles. The lowest BCUT2D eigenvalue weighted by atomic mass is 9.87. The molecule has 0 bridgehead atoms. The summed E-state index contributed by atoms with van der Waals surface area (Å²) in [5.74, 6) is -3.30. The summed E-state index contributed by atoms with van der Waals surface area (Å²) in [6.45, 7) is 20.5. The molecule has 0 aromatic heterocycles. The van der Waals surface area contributed by atoms with Crippen molar-refractivity contribution in [3.8, 4) is 0 Å². The number of amides is 2. The smallest absolute Gasteiger partial charge is 0.306 e. The van der Waals surface area contributed by atoms with E-state index in [0.717, 1.165) is 18.5 Å². The first-order valence-electron chi connectivity index (χ1n) is 17.6. The molecule has 3 fully saturated rings. The number of nitrogens with one attached hydrogen (secondary N) is 2. The van der Waals surface area contributed by atoms with Crippen LogP contribution in [0.2, 0.25) is 0 Å². The van der Waals surface area contributed by atoms with E-state index in [2.05, 4.69) is 52.2 Å². The van der Waals surface area contributed by atoms with Gasteiger partial charge in [-0.25, -0.2) is 8.78 Å². The minimum absolute atomic E-state index is 0.238. The molecule has 3 saturated heterocycles. The Balaban J connectivity index is 0.000000863. The summed E-state index contributed by atoms with van der Waals surface area (Å²) in [5, 5.41) is 5.54. The third-order valence-corrected chi connectivity index (χ3v) is 7.85. The minimum atomic E-state index is -2.79. The van der Waals surface area contributed by atoms with E-state index in [0.29, 0.717) is 63.2 Å². The fourth-order valence-electron chi connectivity index (χ4n) is 5.91. The van der Waals surface area contributed by atoms with Crippen LogP contribution in [0.4, 0.5) is 14.5 Å². The second kappa shape index (κ2) is 18.2. The number of piperidine rings is 3. The molecule has 3 aliphatic rings. The average molecular weight is 665 g/mol. The highest BCUT2D eigenvalue weighted by Crippen LogP contribution is 2.36. The number of benzene rings is 1. The van der Waals surface area contributed by atoms with Crippen LogP contribution in [-0.4, -0.2) is 83.9 Å². The molecule has 2 N–H and O–H groups in total. The first kappa shape index (κ1) is 40.6. The van der Waals surface area contributed by atoms with Gasteiger partial charge < -0.3 is 10.1 Å². The van der Waals surface area contributed by atoms with Gasteiger partial charge in [0.15, 0.2) is 0 Å². The van der Waals surface area contributed by atoms with E-state index in [1.54, 1.807) is 4.90 Å². The molecule has 10 heteroatoms. The summed E-state index contributed by atoms with van der Waals surface area (Å²) in [7, 11) is 0. The monoisotopic (exact) mass is 664 g/mol. The normalized spacial score (nSPS) is 22.6. The number of halogens is 2. The van der Waals surface area contributed by atoms with Crippen LogP contribution in [0.25, 0.3) is 0 Å². The minimum Gasteiger partial charge on any atom is -0.460 e. The lowest BCUT2D eigenvalue weighted by molar-refractivity contribution is -0.155. The Kier molecular flexibility index (Phi) is 15.8. The quantitative estimate of drug-likeness (QED) is 0.221. The molecular formula is C37H62F2N4O4. The number of imide groups is 1. The first-order chi connectivity index (χ1) is 21.8. The van der Waals surface area contributed by atoms with Crippen molar-refractivity contribution in [2.45, 2.75) is 143 Å². The van der Waals surface area contributed by atoms with Gasteiger partial charge in [0.1, 0.15) is 11.6 Å². The molecule has 47 heavy (non-hydrogen) atoms. The van der Waals surface area contributed by atoms with Crippen LogP contribution in [0.1, 0.15) is 125 Å². The van der Waals surface area contributed by atoms with Gasteiger partial charge >= 0.3 is 5.97 Å². The standard InChI is InChI=1S/C29H42F2N4O4.C5H12.C3H8/c1-28(2,3)39-26(37)5-4-15-34-16-14-24(29(30,31)19-34)35-17-12-21(13-18-35)20-6-8-22(9-7-20)32-23-10-11-25(36)33-27(23)38;1-5(2,3)4;1-3-2/h6-9,21,23-24,32H,4-5,10-19H2,1-3H3,(H,33,36,38);1-4H3;3H2,1-2H3. The third-order valence-electron chi connectivity index (χ3n) is 7.85. The van der Waals surface area contributed by atoms with E-state index in [1.807, 2.05) is 49.9 Å². The van der Waals surface area contributed by atoms with Crippen molar-refractivity contribution in [3.05, 3.63) is 29.8 Å². The number of anilines is 1. The highest BCUT2D eigenvalue weighted by molar-refractivity contribution is 6.01. The largest absolute Gasteiger partial charge is 0.460 e. The van der Waals surface area contributed by atoms with Crippen molar-refractivity contribution < 1.29 is 27.9 Å². The van der Waals surface area contributed by atoms with Gasteiger partial charge in [-0.15, -0.1) is 0 Å². The van der Waals surface area contributed by atoms with Crippen LogP contribution in [0.15, 0.2) is 24.3 Å². The Hall–Kier alpha value is -2.59. The van der Waals surface area contributed by atoms with Gasteiger partial charge in [0.05, 0.1) is 12.6 Å². The van der Waals surface area contributed by atoms with E-state index < -0.39 is 23.6 Å². The van der Waals surface area contributed by atoms with Crippen molar-refractivity contribution in [2.75, 3.05) is 38.0 Å². The van der Waals surface area contributed by atoms with Crippen LogP contribution in [0.3, 0.4) is 0 Å². The van der Waals surface area contributed by atoms with Crippen LogP contribution in [-0.2, 0) is 19.1 Å². The summed E-state index contributed by atoms with van der Waals surface area (Å²) in [4.78, 5) is 39.0. The number of rotatable bonds is 8. The number of nitrogens with zero attached hydrogens (tertiary/aromatic N) is 2. The van der Waals surface area contributed by atoms with E-state index in [4.69, 9.17) is 4.74 Å². The van der Waals surface area contributed by atoms with Gasteiger partial charge in [0, 0.05) is 25.1 Å². The zero-order valence-electron chi connectivity index (χ0n) is 30.5. The average Bonchev–Trinajstić information content (AvgIpc) is 2.93. The van der Waals surface area contributed by atoms with Crippen LogP contribution >= 0.6 is 0 Å². The number of carbonyl (C=O) groups is 3. The molecule has 0 radical (unpaired) electrons. The number of hydrogen-bond donors (Lipinski definition) is 2. The number of alkyl halides is 2. The molecule has 0 spiro atoms. The Bertz CT molecular complexity index is 1120. The lowest BCUT2D eigenvalue weighted by Crippen LogP contribution is -2.59. The molecule has 2 unspecified atom stereocenters.